The molecule has 0 aliphatic carbocycles. The van der Waals surface area contributed by atoms with Crippen LogP contribution in [0.2, 0.25) is 0 Å². The van der Waals surface area contributed by atoms with Crippen molar-refractivity contribution in [1.82, 2.24) is 9.80 Å². The molecular weight excluding hydrogens is 622 g/mol. The van der Waals surface area contributed by atoms with Gasteiger partial charge < -0.3 is 55.2 Å². The molecule has 0 bridgehead atoms. The van der Waals surface area contributed by atoms with Crippen LogP contribution in [0.1, 0.15) is 31.1 Å². The number of nitrogens with zero attached hydrogens (tertiary/aromatic N) is 2. The van der Waals surface area contributed by atoms with Gasteiger partial charge in [-0.05, 0) is 39.1 Å². The molecule has 18 heteroatoms. The molecule has 0 spiro atoms. The summed E-state index contributed by atoms with van der Waals surface area (Å²) in [6.45, 7) is 3.56. The Bertz CT molecular complexity index is 1110. The third kappa shape index (κ3) is 15.1. The predicted molar refractivity (Wildman–Crippen MR) is 172 cm³/mol. The molecular formula is C29H52B2N2O14. The fraction of sp³-hybridized carbons (Fsp3) is 0.586. The van der Waals surface area contributed by atoms with Crippen LogP contribution < -0.4 is 0 Å². The summed E-state index contributed by atoms with van der Waals surface area (Å²) in [7, 11) is 1.69. The van der Waals surface area contributed by atoms with Gasteiger partial charge in [0.1, 0.15) is 49.1 Å². The Hall–Kier alpha value is -2.39. The molecule has 1 aliphatic rings. The molecule has 1 aliphatic heterocycles. The molecule has 16 nitrogen and oxygen atoms in total. The Labute approximate surface area is 277 Å². The van der Waals surface area contributed by atoms with Gasteiger partial charge in [0.25, 0.3) is 0 Å². The second kappa shape index (κ2) is 23.0. The molecule has 0 amide bonds. The first-order chi connectivity index (χ1) is 21.7. The number of rotatable bonds is 14. The average molecular weight is 674 g/mol. The Morgan fingerprint density at radius 3 is 1.64 bits per heavy atom. The second-order valence-corrected chi connectivity index (χ2v) is 10.8. The van der Waals surface area contributed by atoms with Crippen LogP contribution in [0.3, 0.4) is 0 Å². The van der Waals surface area contributed by atoms with Crippen LogP contribution in [0, 0.1) is 13.8 Å². The van der Waals surface area contributed by atoms with Crippen molar-refractivity contribution in [1.29, 1.82) is 0 Å². The number of hydrogen-bond acceptors (Lipinski definition) is 16. The number of likely N-dealkylation sites (N-methyl/N-ethyl adjacent to an activating group) is 2. The van der Waals surface area contributed by atoms with E-state index in [-0.39, 0.29) is 16.2 Å². The van der Waals surface area contributed by atoms with E-state index in [2.05, 4.69) is 4.81 Å². The smallest absolute Gasteiger partial charge is 0 e. The molecule has 10 N–H and O–H groups in total. The number of aliphatic hydroxyl groups is 8. The fourth-order valence-electron chi connectivity index (χ4n) is 4.28. The Balaban J connectivity index is 0. The monoisotopic (exact) mass is 674 g/mol. The van der Waals surface area contributed by atoms with Crippen LogP contribution in [-0.4, -0.2) is 152 Å². The van der Waals surface area contributed by atoms with Crippen molar-refractivity contribution in [3.63, 3.8) is 0 Å². The minimum absolute atomic E-state index is 0. The SMILES string of the molecule is C.Cc1ccc(CN(C)C(O)C(O)C(O)C(O)CO)cc1.Cc1ccc(CN(C)C(O)C2OB(O)OC2C(O)CO)cc1.O=BOO.[HH]. The summed E-state index contributed by atoms with van der Waals surface area (Å²) >= 11 is 0. The molecule has 47 heavy (non-hydrogen) atoms. The van der Waals surface area contributed by atoms with E-state index in [9.17, 15) is 35.7 Å². The van der Waals surface area contributed by atoms with Crippen LogP contribution in [-0.2, 0) is 31.9 Å². The molecule has 0 radical (unpaired) electrons. The molecule has 268 valence electrons. The average Bonchev–Trinajstić information content (AvgIpc) is 3.46. The zero-order valence-electron chi connectivity index (χ0n) is 26.2. The number of aryl methyl sites for hydroxylation is 2. The fourth-order valence-corrected chi connectivity index (χ4v) is 4.28. The van der Waals surface area contributed by atoms with Gasteiger partial charge in [0, 0.05) is 14.5 Å². The molecule has 1 heterocycles. The van der Waals surface area contributed by atoms with E-state index in [0.29, 0.717) is 13.1 Å². The third-order valence-corrected chi connectivity index (χ3v) is 7.02. The molecule has 8 atom stereocenters. The van der Waals surface area contributed by atoms with Crippen LogP contribution in [0.4, 0.5) is 0 Å². The van der Waals surface area contributed by atoms with Gasteiger partial charge in [-0.3, -0.25) is 9.80 Å². The first-order valence-corrected chi connectivity index (χ1v) is 14.2. The van der Waals surface area contributed by atoms with Crippen molar-refractivity contribution < 1.29 is 71.4 Å². The standard InChI is InChI=1S/C14H22BNO6.C14H23NO5.CH4.BHO3.H2/c1-9-3-5-10(6-4-9)7-16(2)14(19)13-12(11(18)8-17)21-15(20)22-13;1-9-3-5-10(6-4-9)7-15(2)14(20)13(19)12(18)11(17)8-16;;2-1-4-3;/h3-6,11-14,17-20H,7-8H2,1-2H3;3-6,11-14,16-20H,7-8H2,1-2H3;1H4;3H;1H. The van der Waals surface area contributed by atoms with Gasteiger partial charge in [-0.25, -0.2) is 0 Å². The second-order valence-electron chi connectivity index (χ2n) is 10.8. The van der Waals surface area contributed by atoms with Gasteiger partial charge in [0.15, 0.2) is 0 Å². The van der Waals surface area contributed by atoms with Gasteiger partial charge in [-0.1, -0.05) is 67.1 Å². The van der Waals surface area contributed by atoms with Crippen LogP contribution in [0.5, 0.6) is 0 Å². The van der Waals surface area contributed by atoms with Gasteiger partial charge in [0.05, 0.1) is 13.2 Å². The quantitative estimate of drug-likeness (QED) is 0.0450. The van der Waals surface area contributed by atoms with Gasteiger partial charge in [-0.15, -0.1) is 0 Å². The van der Waals surface area contributed by atoms with Crippen molar-refractivity contribution >= 4 is 14.7 Å². The van der Waals surface area contributed by atoms with E-state index in [4.69, 9.17) is 29.5 Å². The Kier molecular flexibility index (Phi) is 21.9. The first kappa shape index (κ1) is 44.6. The van der Waals surface area contributed by atoms with Crippen molar-refractivity contribution in [3.8, 4) is 0 Å². The number of benzene rings is 2. The zero-order chi connectivity index (χ0) is 35.0. The normalized spacial score (nSPS) is 19.5. The van der Waals surface area contributed by atoms with Crippen molar-refractivity contribution in [3.05, 3.63) is 70.8 Å². The molecule has 1 fully saturated rings. The Morgan fingerprint density at radius 1 is 0.809 bits per heavy atom. The van der Waals surface area contributed by atoms with E-state index >= 15 is 0 Å². The van der Waals surface area contributed by atoms with E-state index in [1.54, 1.807) is 19.0 Å². The summed E-state index contributed by atoms with van der Waals surface area (Å²) in [5, 5.41) is 92.8. The van der Waals surface area contributed by atoms with E-state index in [1.165, 1.54) is 4.90 Å². The summed E-state index contributed by atoms with van der Waals surface area (Å²) in [5.41, 5.74) is 4.22. The summed E-state index contributed by atoms with van der Waals surface area (Å²) in [6.07, 6.45) is -10.4. The summed E-state index contributed by atoms with van der Waals surface area (Å²) in [5.74, 6) is 0. The van der Waals surface area contributed by atoms with Crippen LogP contribution in [0.15, 0.2) is 48.5 Å². The molecule has 1 saturated heterocycles. The zero-order valence-corrected chi connectivity index (χ0v) is 26.2. The minimum atomic E-state index is -1.62. The molecule has 0 saturated carbocycles. The maximum absolute atomic E-state index is 10.4. The van der Waals surface area contributed by atoms with Crippen molar-refractivity contribution in [2.24, 2.45) is 0 Å². The molecule has 2 aromatic rings. The Morgan fingerprint density at radius 2 is 1.23 bits per heavy atom. The van der Waals surface area contributed by atoms with Crippen molar-refractivity contribution in [2.75, 3.05) is 27.3 Å². The number of aliphatic hydroxyl groups excluding tert-OH is 8. The number of hydrogen-bond donors (Lipinski definition) is 10. The van der Waals surface area contributed by atoms with Gasteiger partial charge >= 0.3 is 29.4 Å². The molecule has 8 unspecified atom stereocenters. The van der Waals surface area contributed by atoms with Crippen molar-refractivity contribution in [2.45, 2.75) is 83.4 Å². The molecule has 3 rings (SSSR count). The summed E-state index contributed by atoms with van der Waals surface area (Å²) in [4.78, 5) is 5.93. The summed E-state index contributed by atoms with van der Waals surface area (Å²) < 4.78 is 18.8. The largest absolute Gasteiger partial charge is 0 e. The van der Waals surface area contributed by atoms with Gasteiger partial charge in [-0.2, -0.15) is 0 Å². The molecule has 2 aromatic carbocycles. The van der Waals surface area contributed by atoms with E-state index in [0.717, 1.165) is 22.3 Å². The maximum Gasteiger partial charge on any atom is 0 e. The van der Waals surface area contributed by atoms with E-state index in [1.807, 2.05) is 62.4 Å². The van der Waals surface area contributed by atoms with E-state index < -0.39 is 69.6 Å². The predicted octanol–water partition coefficient (Wildman–Crippen LogP) is -2.00. The van der Waals surface area contributed by atoms with Crippen LogP contribution in [0.25, 0.3) is 0 Å². The third-order valence-electron chi connectivity index (χ3n) is 7.02. The van der Waals surface area contributed by atoms with Crippen LogP contribution >= 0.6 is 0 Å². The molecule has 0 aromatic heterocycles. The topological polar surface area (TPSA) is 254 Å². The van der Waals surface area contributed by atoms with Gasteiger partial charge in [0.2, 0.25) is 0 Å². The first-order valence-electron chi connectivity index (χ1n) is 14.2. The maximum atomic E-state index is 10.4. The minimum Gasteiger partial charge on any atom is 0 e. The summed E-state index contributed by atoms with van der Waals surface area (Å²) in [6, 6.07) is 15.6.